The molecule has 0 N–H and O–H groups in total. The first-order valence-corrected chi connectivity index (χ1v) is 6.90. The lowest BCUT2D eigenvalue weighted by Crippen LogP contribution is -2.13. The Morgan fingerprint density at radius 2 is 2.16 bits per heavy atom. The molecule has 1 atom stereocenters. The number of rotatable bonds is 4. The van der Waals surface area contributed by atoms with Crippen molar-refractivity contribution in [3.8, 4) is 0 Å². The van der Waals surface area contributed by atoms with E-state index in [4.69, 9.17) is 4.74 Å². The second-order valence-corrected chi connectivity index (χ2v) is 6.15. The zero-order chi connectivity index (χ0) is 14.2. The van der Waals surface area contributed by atoms with Gasteiger partial charge in [0, 0.05) is 12.1 Å². The quantitative estimate of drug-likeness (QED) is 0.781. The third-order valence-corrected chi connectivity index (χ3v) is 3.70. The van der Waals surface area contributed by atoms with Gasteiger partial charge in [-0.25, -0.2) is 14.8 Å². The van der Waals surface area contributed by atoms with Gasteiger partial charge in [0.15, 0.2) is 0 Å². The lowest BCUT2D eigenvalue weighted by atomic mass is 10.0. The van der Waals surface area contributed by atoms with Gasteiger partial charge in [0.05, 0.1) is 17.9 Å². The Labute approximate surface area is 114 Å². The van der Waals surface area contributed by atoms with Crippen molar-refractivity contribution in [2.75, 3.05) is 6.61 Å². The number of nitrogens with zero attached hydrogens (tertiary/aromatic N) is 2. The van der Waals surface area contributed by atoms with Crippen LogP contribution in [0, 0.1) is 5.41 Å². The van der Waals surface area contributed by atoms with Crippen LogP contribution in [-0.4, -0.2) is 22.5 Å². The molecule has 1 aliphatic rings. The van der Waals surface area contributed by atoms with Gasteiger partial charge in [0.1, 0.15) is 5.82 Å². The van der Waals surface area contributed by atoms with E-state index in [1.54, 1.807) is 13.1 Å². The summed E-state index contributed by atoms with van der Waals surface area (Å²) in [5.74, 6) is 1.14. The standard InChI is InChI=1S/C15H22N2O2/c1-6-19-14(18)10-8-16-13(11-7-15(11,4)5)17-12(10)9(2)3/h8-9,11H,6-7H2,1-5H3. The smallest absolute Gasteiger partial charge is 0.341 e. The molecule has 0 aromatic carbocycles. The Hall–Kier alpha value is -1.45. The van der Waals surface area contributed by atoms with E-state index in [1.165, 1.54) is 0 Å². The molecule has 4 nitrogen and oxygen atoms in total. The lowest BCUT2D eigenvalue weighted by Gasteiger charge is -2.12. The molecule has 19 heavy (non-hydrogen) atoms. The molecule has 2 rings (SSSR count). The van der Waals surface area contributed by atoms with Crippen molar-refractivity contribution in [1.82, 2.24) is 9.97 Å². The molecule has 1 aromatic heterocycles. The molecule has 104 valence electrons. The van der Waals surface area contributed by atoms with Crippen molar-refractivity contribution in [3.63, 3.8) is 0 Å². The molecule has 1 aromatic rings. The van der Waals surface area contributed by atoms with Crippen molar-refractivity contribution < 1.29 is 9.53 Å². The summed E-state index contributed by atoms with van der Waals surface area (Å²) in [6.45, 7) is 10.7. The first-order chi connectivity index (χ1) is 8.86. The Morgan fingerprint density at radius 3 is 2.63 bits per heavy atom. The summed E-state index contributed by atoms with van der Waals surface area (Å²) in [6, 6.07) is 0. The van der Waals surface area contributed by atoms with Gasteiger partial charge in [-0.15, -0.1) is 0 Å². The Morgan fingerprint density at radius 1 is 1.53 bits per heavy atom. The molecule has 0 aliphatic heterocycles. The second kappa shape index (κ2) is 4.91. The van der Waals surface area contributed by atoms with E-state index in [0.29, 0.717) is 23.5 Å². The topological polar surface area (TPSA) is 52.1 Å². The summed E-state index contributed by atoms with van der Waals surface area (Å²) < 4.78 is 5.06. The molecule has 1 heterocycles. The Kier molecular flexibility index (Phi) is 3.61. The highest BCUT2D eigenvalue weighted by molar-refractivity contribution is 5.90. The number of esters is 1. The third kappa shape index (κ3) is 2.77. The van der Waals surface area contributed by atoms with Crippen molar-refractivity contribution in [2.24, 2.45) is 5.41 Å². The fourth-order valence-corrected chi connectivity index (χ4v) is 2.29. The monoisotopic (exact) mass is 262 g/mol. The van der Waals surface area contributed by atoms with Crippen LogP contribution >= 0.6 is 0 Å². The van der Waals surface area contributed by atoms with Crippen LogP contribution in [0.1, 0.15) is 74.8 Å². The summed E-state index contributed by atoms with van der Waals surface area (Å²) in [4.78, 5) is 20.9. The van der Waals surface area contributed by atoms with Crippen LogP contribution < -0.4 is 0 Å². The molecule has 0 radical (unpaired) electrons. The average Bonchev–Trinajstić information content (AvgIpc) is 2.98. The summed E-state index contributed by atoms with van der Waals surface area (Å²) in [5.41, 5.74) is 1.59. The van der Waals surface area contributed by atoms with Crippen molar-refractivity contribution in [2.45, 2.75) is 52.9 Å². The molecule has 1 aliphatic carbocycles. The predicted molar refractivity (Wildman–Crippen MR) is 73.2 cm³/mol. The number of carbonyl (C=O) groups excluding carboxylic acids is 1. The predicted octanol–water partition coefficient (Wildman–Crippen LogP) is 3.29. The van der Waals surface area contributed by atoms with Crippen LogP contribution in [-0.2, 0) is 4.74 Å². The lowest BCUT2D eigenvalue weighted by molar-refractivity contribution is 0.0523. The summed E-state index contributed by atoms with van der Waals surface area (Å²) in [6.07, 6.45) is 2.74. The number of hydrogen-bond acceptors (Lipinski definition) is 4. The second-order valence-electron chi connectivity index (χ2n) is 6.15. The van der Waals surface area contributed by atoms with Gasteiger partial charge in [-0.2, -0.15) is 0 Å². The molecule has 0 amide bonds. The molecule has 1 saturated carbocycles. The molecule has 1 fully saturated rings. The van der Waals surface area contributed by atoms with E-state index in [0.717, 1.165) is 17.9 Å². The number of hydrogen-bond donors (Lipinski definition) is 0. The van der Waals surface area contributed by atoms with Gasteiger partial charge in [0.25, 0.3) is 0 Å². The number of ether oxygens (including phenoxy) is 1. The highest BCUT2D eigenvalue weighted by Crippen LogP contribution is 2.57. The number of aromatic nitrogens is 2. The van der Waals surface area contributed by atoms with E-state index < -0.39 is 0 Å². The van der Waals surface area contributed by atoms with E-state index in [1.807, 2.05) is 13.8 Å². The van der Waals surface area contributed by atoms with Crippen LogP contribution in [0.5, 0.6) is 0 Å². The van der Waals surface area contributed by atoms with Gasteiger partial charge in [-0.05, 0) is 24.7 Å². The minimum atomic E-state index is -0.326. The van der Waals surface area contributed by atoms with Crippen LogP contribution in [0.15, 0.2) is 6.20 Å². The minimum Gasteiger partial charge on any atom is -0.462 e. The highest BCUT2D eigenvalue weighted by Gasteiger charge is 2.48. The largest absolute Gasteiger partial charge is 0.462 e. The van der Waals surface area contributed by atoms with Crippen LogP contribution in [0.2, 0.25) is 0 Å². The van der Waals surface area contributed by atoms with E-state index in [9.17, 15) is 4.79 Å². The van der Waals surface area contributed by atoms with E-state index >= 15 is 0 Å². The van der Waals surface area contributed by atoms with Gasteiger partial charge in [-0.3, -0.25) is 0 Å². The Balaban J connectivity index is 2.33. The summed E-state index contributed by atoms with van der Waals surface area (Å²) in [5, 5.41) is 0. The van der Waals surface area contributed by atoms with Gasteiger partial charge < -0.3 is 4.74 Å². The third-order valence-electron chi connectivity index (χ3n) is 3.70. The van der Waals surface area contributed by atoms with E-state index in [2.05, 4.69) is 23.8 Å². The van der Waals surface area contributed by atoms with Crippen LogP contribution in [0.25, 0.3) is 0 Å². The van der Waals surface area contributed by atoms with Crippen molar-refractivity contribution in [3.05, 3.63) is 23.3 Å². The zero-order valence-electron chi connectivity index (χ0n) is 12.4. The normalized spacial score (nSPS) is 20.4. The first-order valence-electron chi connectivity index (χ1n) is 6.90. The SMILES string of the molecule is CCOC(=O)c1cnc(C2CC2(C)C)nc1C(C)C. The molecular formula is C15H22N2O2. The van der Waals surface area contributed by atoms with Crippen LogP contribution in [0.3, 0.4) is 0 Å². The maximum Gasteiger partial charge on any atom is 0.341 e. The minimum absolute atomic E-state index is 0.183. The zero-order valence-corrected chi connectivity index (χ0v) is 12.4. The van der Waals surface area contributed by atoms with Crippen LogP contribution in [0.4, 0.5) is 0 Å². The fraction of sp³-hybridized carbons (Fsp3) is 0.667. The average molecular weight is 262 g/mol. The van der Waals surface area contributed by atoms with Gasteiger partial charge in [-0.1, -0.05) is 27.7 Å². The molecule has 0 bridgehead atoms. The van der Waals surface area contributed by atoms with Gasteiger partial charge >= 0.3 is 5.97 Å². The Bertz CT molecular complexity index is 495. The first kappa shape index (κ1) is 14.0. The summed E-state index contributed by atoms with van der Waals surface area (Å²) in [7, 11) is 0. The molecule has 1 unspecified atom stereocenters. The highest BCUT2D eigenvalue weighted by atomic mass is 16.5. The maximum absolute atomic E-state index is 11.9. The fourth-order valence-electron chi connectivity index (χ4n) is 2.29. The maximum atomic E-state index is 11.9. The molecule has 4 heteroatoms. The van der Waals surface area contributed by atoms with Crippen molar-refractivity contribution >= 4 is 5.97 Å². The summed E-state index contributed by atoms with van der Waals surface area (Å²) >= 11 is 0. The number of carbonyl (C=O) groups is 1. The molecular weight excluding hydrogens is 240 g/mol. The molecule has 0 spiro atoms. The molecule has 0 saturated heterocycles. The van der Waals surface area contributed by atoms with E-state index in [-0.39, 0.29) is 11.9 Å². The van der Waals surface area contributed by atoms with Gasteiger partial charge in [0.2, 0.25) is 0 Å². The van der Waals surface area contributed by atoms with Crippen molar-refractivity contribution in [1.29, 1.82) is 0 Å².